The van der Waals surface area contributed by atoms with Crippen molar-refractivity contribution in [2.75, 3.05) is 98.4 Å². The molecule has 21 heteroatoms. The molecule has 86 heavy (non-hydrogen) atoms. The molecular formula is C65H87ClN4O16. The van der Waals surface area contributed by atoms with E-state index < -0.39 is 17.7 Å². The molecule has 5 atom stereocenters. The lowest BCUT2D eigenvalue weighted by molar-refractivity contribution is -0.141. The smallest absolute Gasteiger partial charge is 0.412 e. The third-order valence-corrected chi connectivity index (χ3v) is 14.3. The summed E-state index contributed by atoms with van der Waals surface area (Å²) in [6, 6.07) is 29.8. The number of anilines is 2. The van der Waals surface area contributed by atoms with Crippen LogP contribution in [-0.2, 0) is 68.5 Å². The van der Waals surface area contributed by atoms with Gasteiger partial charge in [-0.05, 0) is 141 Å². The van der Waals surface area contributed by atoms with Crippen molar-refractivity contribution >= 4 is 87.2 Å². The van der Waals surface area contributed by atoms with Gasteiger partial charge < -0.3 is 58.8 Å². The van der Waals surface area contributed by atoms with Gasteiger partial charge in [-0.15, -0.1) is 12.4 Å². The number of nitrogen functional groups attached to an aromatic ring is 1. The van der Waals surface area contributed by atoms with Crippen molar-refractivity contribution in [1.29, 1.82) is 0 Å². The fourth-order valence-electron chi connectivity index (χ4n) is 9.61. The number of phenolic OH excluding ortho intramolecular Hbond substituents is 1. The molecule has 5 fully saturated rings. The Morgan fingerprint density at radius 3 is 1.70 bits per heavy atom. The molecule has 5 saturated heterocycles. The van der Waals surface area contributed by atoms with Crippen LogP contribution in [0.5, 0.6) is 5.75 Å². The Morgan fingerprint density at radius 1 is 0.674 bits per heavy atom. The van der Waals surface area contributed by atoms with Crippen molar-refractivity contribution in [2.45, 2.75) is 84.2 Å². The number of allylic oxidation sites excluding steroid dienone is 2. The van der Waals surface area contributed by atoms with Gasteiger partial charge in [-0.1, -0.05) is 72.8 Å². The lowest BCUT2D eigenvalue weighted by Gasteiger charge is -2.21. The Morgan fingerprint density at radius 2 is 1.22 bits per heavy atom. The van der Waals surface area contributed by atoms with Crippen LogP contribution in [0, 0.1) is 29.6 Å². The number of fused-ring (bicyclic) bond motifs is 2. The number of carbonyl (C=O) groups excluding carboxylic acids is 5. The minimum atomic E-state index is -0.734. The van der Waals surface area contributed by atoms with Crippen molar-refractivity contribution in [2.24, 2.45) is 29.6 Å². The van der Waals surface area contributed by atoms with Crippen LogP contribution in [0.4, 0.5) is 16.2 Å². The van der Waals surface area contributed by atoms with E-state index >= 15 is 0 Å². The Hall–Kier alpha value is -6.85. The zero-order valence-electron chi connectivity index (χ0n) is 50.3. The minimum Gasteiger partial charge on any atom is -0.508 e. The fourth-order valence-corrected chi connectivity index (χ4v) is 9.61. The summed E-state index contributed by atoms with van der Waals surface area (Å²) < 4.78 is 30.5. The summed E-state index contributed by atoms with van der Waals surface area (Å²) in [4.78, 5) is 73.5. The van der Waals surface area contributed by atoms with Crippen LogP contribution in [-0.4, -0.2) is 139 Å². The molecule has 470 valence electrons. The summed E-state index contributed by atoms with van der Waals surface area (Å²) in [6.45, 7) is 12.2. The number of ketones is 1. The lowest BCUT2D eigenvalue weighted by Crippen LogP contribution is -2.29. The van der Waals surface area contributed by atoms with Crippen LogP contribution >= 0.6 is 12.4 Å². The first kappa shape index (κ1) is 71.6. The van der Waals surface area contributed by atoms with Gasteiger partial charge in [0.2, 0.25) is 5.91 Å². The maximum absolute atomic E-state index is 12.1. The van der Waals surface area contributed by atoms with Gasteiger partial charge in [0.25, 0.3) is 0 Å². The van der Waals surface area contributed by atoms with Gasteiger partial charge >= 0.3 is 12.1 Å². The molecule has 5 unspecified atom stereocenters. The number of nitrogens with one attached hydrogen (secondary N) is 3. The number of carboxylic acids is 1. The molecule has 1 aliphatic carbocycles. The van der Waals surface area contributed by atoms with E-state index in [2.05, 4.69) is 38.1 Å². The van der Waals surface area contributed by atoms with E-state index in [-0.39, 0.29) is 47.8 Å². The zero-order chi connectivity index (χ0) is 61.6. The van der Waals surface area contributed by atoms with E-state index in [1.165, 1.54) is 7.11 Å². The number of aromatic hydroxyl groups is 1. The van der Waals surface area contributed by atoms with Gasteiger partial charge in [-0.2, -0.15) is 0 Å². The van der Waals surface area contributed by atoms with Crippen LogP contribution in [0.25, 0.3) is 38.2 Å². The molecule has 5 heterocycles. The number of phenols is 1. The quantitative estimate of drug-likeness (QED) is 0.0407. The standard InChI is InChI=1S/C21H23NO3.C21H21NO2.C6H11NO3.C5H8O3.2C5H8O2.C2H7NO.ClH/c1-21(2,3)25-20(24)22-19-12-11-16(14-7-6-8-15(23)13-14)17-9-4-5-10-18(17)19;22-20-8-7-17(18-3-1-2-4-19(18)20)15-5-6-16(21(23)12-15)11-14-9-10-24-13-14;1-9-7-6(8)5-2-3-10-4-5;6-5(7)4-1-2-8-3-4;2*6-3-5-1-2-7-4-5;1-3-4-2;/h4-5,9-13H,6-8H2,1-3H3,(H,22,24);1-8,12,14,23H,9-11,13,22H2;5H,2-4H2,1H3,(H,7,8);4H,1-3H2,(H,6,7);2*3,5H,1-2,4H2;3H,1-2H3;1H. The second-order valence-electron chi connectivity index (χ2n) is 21.9. The summed E-state index contributed by atoms with van der Waals surface area (Å²) in [5, 5.41) is 25.7. The number of carboxylic acid groups (broad SMARTS) is 1. The van der Waals surface area contributed by atoms with E-state index in [1.54, 1.807) is 20.2 Å². The number of ether oxygens (including phenoxy) is 6. The first-order valence-electron chi connectivity index (χ1n) is 28.9. The van der Waals surface area contributed by atoms with Crippen molar-refractivity contribution in [3.63, 3.8) is 0 Å². The van der Waals surface area contributed by atoms with Gasteiger partial charge in [0.05, 0.1) is 58.2 Å². The minimum absolute atomic E-state index is 0. The second-order valence-corrected chi connectivity index (χ2v) is 21.9. The number of hydroxylamine groups is 2. The van der Waals surface area contributed by atoms with Gasteiger partial charge in [-0.3, -0.25) is 24.5 Å². The number of nitrogens with two attached hydrogens (primary N) is 1. The third-order valence-electron chi connectivity index (χ3n) is 14.3. The second kappa shape index (κ2) is 38.3. The highest BCUT2D eigenvalue weighted by Gasteiger charge is 2.25. The van der Waals surface area contributed by atoms with Crippen molar-refractivity contribution < 1.29 is 77.1 Å². The molecule has 0 radical (unpaired) electrons. The number of halogens is 1. The highest BCUT2D eigenvalue weighted by atomic mass is 35.5. The first-order valence-corrected chi connectivity index (χ1v) is 28.9. The van der Waals surface area contributed by atoms with Crippen LogP contribution in [0.1, 0.15) is 83.3 Å². The van der Waals surface area contributed by atoms with E-state index in [9.17, 15) is 33.9 Å². The van der Waals surface area contributed by atoms with Gasteiger partial charge in [0.1, 0.15) is 23.9 Å². The number of aldehydes is 2. The predicted molar refractivity (Wildman–Crippen MR) is 333 cm³/mol. The van der Waals surface area contributed by atoms with E-state index in [0.29, 0.717) is 69.8 Å². The molecule has 5 aromatic rings. The van der Waals surface area contributed by atoms with Crippen LogP contribution in [0.2, 0.25) is 0 Å². The summed E-state index contributed by atoms with van der Waals surface area (Å²) in [5.41, 5.74) is 16.9. The Bertz CT molecular complexity index is 2920. The van der Waals surface area contributed by atoms with E-state index in [0.717, 1.165) is 139 Å². The molecule has 0 spiro atoms. The van der Waals surface area contributed by atoms with Crippen LogP contribution < -0.4 is 22.0 Å². The molecule has 2 amide bonds. The van der Waals surface area contributed by atoms with Crippen LogP contribution in [0.15, 0.2) is 97.1 Å². The molecule has 11 rings (SSSR count). The number of hydrogen-bond acceptors (Lipinski definition) is 17. The maximum atomic E-state index is 12.1. The molecule has 5 aromatic carbocycles. The molecule has 5 aliphatic heterocycles. The topological polar surface area (TPSA) is 279 Å². The molecule has 0 aromatic heterocycles. The number of benzene rings is 5. The predicted octanol–water partition coefficient (Wildman–Crippen LogP) is 10.1. The highest BCUT2D eigenvalue weighted by molar-refractivity contribution is 6.08. The normalized spacial score (nSPS) is 20.0. The van der Waals surface area contributed by atoms with Crippen molar-refractivity contribution in [3.05, 3.63) is 108 Å². The fraction of sp³-hybridized carbons (Fsp3) is 0.477. The number of rotatable bonds is 11. The van der Waals surface area contributed by atoms with Crippen molar-refractivity contribution in [1.82, 2.24) is 11.0 Å². The zero-order valence-corrected chi connectivity index (χ0v) is 51.1. The average molecular weight is 1220 g/mol. The van der Waals surface area contributed by atoms with E-state index in [4.69, 9.17) is 39.3 Å². The Labute approximate surface area is 510 Å². The SMILES string of the molecule is CC(C)(C)OC(=O)Nc1ccc(C2=CC(=O)CCC2)c2ccccc12.CNOC.CONC(=O)C1CCOC1.Cl.Nc1ccc(-c2ccc(CC3CCOC3)c(O)c2)c2ccccc12.O=C(O)C1CCOC1.O=CC1CCOC1.O=CC1CCOC1. The largest absolute Gasteiger partial charge is 0.508 e. The van der Waals surface area contributed by atoms with Crippen molar-refractivity contribution in [3.8, 4) is 16.9 Å². The maximum Gasteiger partial charge on any atom is 0.412 e. The molecule has 6 aliphatic rings. The monoisotopic (exact) mass is 1210 g/mol. The number of hydrogen-bond donors (Lipinski definition) is 6. The first-order chi connectivity index (χ1) is 41.0. The molecular weight excluding hydrogens is 1130 g/mol. The van der Waals surface area contributed by atoms with E-state index in [1.807, 2.05) is 99.6 Å². The van der Waals surface area contributed by atoms with Gasteiger partial charge in [0.15, 0.2) is 5.78 Å². The summed E-state index contributed by atoms with van der Waals surface area (Å²) >= 11 is 0. The Kier molecular flexibility index (Phi) is 31.9. The lowest BCUT2D eigenvalue weighted by atomic mass is 9.89. The van der Waals surface area contributed by atoms with Gasteiger partial charge in [-0.25, -0.2) is 15.8 Å². The number of aliphatic carboxylic acids is 1. The van der Waals surface area contributed by atoms with Crippen LogP contribution in [0.3, 0.4) is 0 Å². The number of amides is 2. The molecule has 0 bridgehead atoms. The summed E-state index contributed by atoms with van der Waals surface area (Å²) in [7, 11) is 4.70. The van der Waals surface area contributed by atoms with Gasteiger partial charge in [0, 0.05) is 81.4 Å². The number of carbonyl (C=O) groups is 6. The molecule has 7 N–H and O–H groups in total. The summed E-state index contributed by atoms with van der Waals surface area (Å²) in [6.07, 6.45) is 10.9. The summed E-state index contributed by atoms with van der Waals surface area (Å²) in [5.74, 6) is 0.373. The third kappa shape index (κ3) is 24.1. The molecule has 0 saturated carbocycles. The highest BCUT2D eigenvalue weighted by Crippen LogP contribution is 2.37. The average Bonchev–Trinajstić information content (AvgIpc) is 1.99. The molecule has 20 nitrogen and oxygen atoms in total. The Balaban J connectivity index is 0.000000236.